The van der Waals surface area contributed by atoms with Crippen LogP contribution in [0.1, 0.15) is 119 Å². The first kappa shape index (κ1) is 29.6. The van der Waals surface area contributed by atoms with E-state index in [1.54, 1.807) is 0 Å². The Hall–Kier alpha value is -2.41. The van der Waals surface area contributed by atoms with E-state index in [4.69, 9.17) is 4.74 Å². The Balaban J connectivity index is 1.58. The molecule has 4 rings (SSSR count). The molecular formula is C32H46N2O4S. The zero-order valence-electron chi connectivity index (χ0n) is 24.6. The number of aromatic carboxylic acids is 1. The van der Waals surface area contributed by atoms with Crippen LogP contribution in [0.4, 0.5) is 5.69 Å². The molecule has 1 N–H and O–H groups in total. The smallest absolute Gasteiger partial charge is 0.348 e. The fourth-order valence-electron chi connectivity index (χ4n) is 5.95. The van der Waals surface area contributed by atoms with Gasteiger partial charge in [-0.15, -0.1) is 11.3 Å². The first-order valence-corrected chi connectivity index (χ1v) is 15.7. The molecule has 1 amide bonds. The fraction of sp³-hybridized carbons (Fsp3) is 0.656. The van der Waals surface area contributed by atoms with Gasteiger partial charge in [-0.2, -0.15) is 0 Å². The summed E-state index contributed by atoms with van der Waals surface area (Å²) in [7, 11) is 0. The predicted octanol–water partition coefficient (Wildman–Crippen LogP) is 7.81. The average Bonchev–Trinajstić information content (AvgIpc) is 3.36. The van der Waals surface area contributed by atoms with Gasteiger partial charge in [0.05, 0.1) is 11.8 Å². The number of ether oxygens (including phenoxy) is 1. The lowest BCUT2D eigenvalue weighted by atomic mass is 9.81. The minimum absolute atomic E-state index is 0.0212. The number of carboxylic acids is 1. The second kappa shape index (κ2) is 12.4. The van der Waals surface area contributed by atoms with Crippen molar-refractivity contribution in [3.63, 3.8) is 0 Å². The van der Waals surface area contributed by atoms with E-state index >= 15 is 0 Å². The molecule has 0 atom stereocenters. The number of thiophene rings is 1. The van der Waals surface area contributed by atoms with Gasteiger partial charge < -0.3 is 14.7 Å². The molecule has 0 bridgehead atoms. The Kier molecular flexibility index (Phi) is 9.41. The molecular weight excluding hydrogens is 508 g/mol. The van der Waals surface area contributed by atoms with Crippen LogP contribution in [-0.2, 0) is 23.1 Å². The highest BCUT2D eigenvalue weighted by molar-refractivity contribution is 7.14. The third-order valence-corrected chi connectivity index (χ3v) is 9.99. The number of aromatic nitrogens is 1. The Morgan fingerprint density at radius 2 is 1.56 bits per heavy atom. The zero-order valence-corrected chi connectivity index (χ0v) is 25.4. The molecule has 0 aromatic carbocycles. The van der Waals surface area contributed by atoms with Crippen LogP contribution in [0.5, 0.6) is 5.75 Å². The van der Waals surface area contributed by atoms with Crippen molar-refractivity contribution >= 4 is 28.9 Å². The highest BCUT2D eigenvalue weighted by atomic mass is 32.1. The molecule has 0 unspecified atom stereocenters. The number of anilines is 1. The quantitative estimate of drug-likeness (QED) is 0.360. The molecule has 7 heteroatoms. The molecule has 2 saturated carbocycles. The molecule has 214 valence electrons. The molecule has 2 aromatic heterocycles. The van der Waals surface area contributed by atoms with Crippen LogP contribution in [-0.4, -0.2) is 34.1 Å². The van der Waals surface area contributed by atoms with E-state index < -0.39 is 5.97 Å². The third kappa shape index (κ3) is 7.03. The number of aryl methyl sites for hydroxylation is 2. The number of amides is 1. The maximum Gasteiger partial charge on any atom is 0.348 e. The Labute approximate surface area is 238 Å². The number of carbonyl (C=O) groups excluding carboxylic acids is 1. The number of carboxylic acid groups (broad SMARTS) is 1. The van der Waals surface area contributed by atoms with Gasteiger partial charge >= 0.3 is 5.97 Å². The lowest BCUT2D eigenvalue weighted by Gasteiger charge is -2.39. The van der Waals surface area contributed by atoms with Crippen molar-refractivity contribution < 1.29 is 19.4 Å². The normalized spacial score (nSPS) is 23.8. The van der Waals surface area contributed by atoms with Gasteiger partial charge in [-0.1, -0.05) is 41.5 Å². The summed E-state index contributed by atoms with van der Waals surface area (Å²) in [4.78, 5) is 34.4. The minimum atomic E-state index is -0.950. The summed E-state index contributed by atoms with van der Waals surface area (Å²) in [5.41, 5.74) is 2.50. The second-order valence-corrected chi connectivity index (χ2v) is 13.6. The van der Waals surface area contributed by atoms with Gasteiger partial charge in [-0.25, -0.2) is 4.79 Å². The number of pyridine rings is 1. The first-order chi connectivity index (χ1) is 18.5. The molecule has 39 heavy (non-hydrogen) atoms. The van der Waals surface area contributed by atoms with Crippen LogP contribution < -0.4 is 9.64 Å². The van der Waals surface area contributed by atoms with Crippen LogP contribution in [0.25, 0.3) is 0 Å². The monoisotopic (exact) mass is 554 g/mol. The maximum atomic E-state index is 14.2. The predicted molar refractivity (Wildman–Crippen MR) is 158 cm³/mol. The van der Waals surface area contributed by atoms with Crippen molar-refractivity contribution in [2.24, 2.45) is 11.8 Å². The van der Waals surface area contributed by atoms with Crippen molar-refractivity contribution in [2.75, 3.05) is 4.90 Å². The summed E-state index contributed by atoms with van der Waals surface area (Å²) in [6.45, 7) is 12.8. The third-order valence-electron chi connectivity index (χ3n) is 8.45. The number of carbonyl (C=O) groups is 2. The van der Waals surface area contributed by atoms with E-state index in [1.165, 1.54) is 11.3 Å². The number of hydrogen-bond acceptors (Lipinski definition) is 5. The van der Waals surface area contributed by atoms with Crippen molar-refractivity contribution in [3.05, 3.63) is 39.3 Å². The Bertz CT molecular complexity index is 1130. The maximum absolute atomic E-state index is 14.2. The van der Waals surface area contributed by atoms with E-state index in [-0.39, 0.29) is 34.3 Å². The van der Waals surface area contributed by atoms with E-state index in [9.17, 15) is 14.7 Å². The summed E-state index contributed by atoms with van der Waals surface area (Å²) < 4.78 is 6.44. The molecule has 2 fully saturated rings. The van der Waals surface area contributed by atoms with Crippen molar-refractivity contribution in [2.45, 2.75) is 123 Å². The molecule has 0 saturated heterocycles. The lowest BCUT2D eigenvalue weighted by molar-refractivity contribution is -0.124. The van der Waals surface area contributed by atoms with E-state index in [2.05, 4.69) is 46.5 Å². The Morgan fingerprint density at radius 1 is 0.974 bits per heavy atom. The van der Waals surface area contributed by atoms with Gasteiger partial charge in [0.2, 0.25) is 5.91 Å². The van der Waals surface area contributed by atoms with Crippen molar-refractivity contribution in [1.82, 2.24) is 4.98 Å². The largest absolute Gasteiger partial charge is 0.490 e. The average molecular weight is 555 g/mol. The molecule has 0 radical (unpaired) electrons. The summed E-state index contributed by atoms with van der Waals surface area (Å²) in [6.07, 6.45) is 8.96. The topological polar surface area (TPSA) is 79.7 Å². The highest BCUT2D eigenvalue weighted by Crippen LogP contribution is 2.42. The van der Waals surface area contributed by atoms with Crippen molar-refractivity contribution in [3.8, 4) is 5.75 Å². The van der Waals surface area contributed by atoms with Gasteiger partial charge in [-0.3, -0.25) is 9.78 Å². The van der Waals surface area contributed by atoms with E-state index in [1.807, 2.05) is 23.1 Å². The van der Waals surface area contributed by atoms with E-state index in [0.717, 1.165) is 86.2 Å². The Morgan fingerprint density at radius 3 is 2.08 bits per heavy atom. The molecule has 2 aliphatic rings. The SMILES string of the molecule is CCc1cc(O[C@H]2CC[C@H](N(C(=O)C3CCC(C)CC3)c3cc(C(C)(C)C)sc3C(=O)O)CC2)cc(CC)n1. The van der Waals surface area contributed by atoms with Gasteiger partial charge in [0.1, 0.15) is 10.6 Å². The van der Waals surface area contributed by atoms with Crippen LogP contribution in [0, 0.1) is 11.8 Å². The van der Waals surface area contributed by atoms with Crippen LogP contribution in [0.2, 0.25) is 0 Å². The number of hydrogen-bond donors (Lipinski definition) is 1. The van der Waals surface area contributed by atoms with Crippen LogP contribution in [0.15, 0.2) is 18.2 Å². The molecule has 2 heterocycles. The van der Waals surface area contributed by atoms with Gasteiger partial charge in [0, 0.05) is 40.4 Å². The van der Waals surface area contributed by atoms with Crippen LogP contribution >= 0.6 is 11.3 Å². The molecule has 0 aliphatic heterocycles. The summed E-state index contributed by atoms with van der Waals surface area (Å²) in [5.74, 6) is 0.654. The second-order valence-electron chi connectivity index (χ2n) is 12.6. The number of rotatable bonds is 8. The zero-order chi connectivity index (χ0) is 28.3. The number of nitrogens with zero attached hydrogens (tertiary/aromatic N) is 2. The molecule has 6 nitrogen and oxygen atoms in total. The summed E-state index contributed by atoms with van der Waals surface area (Å²) >= 11 is 1.32. The van der Waals surface area contributed by atoms with Crippen LogP contribution in [0.3, 0.4) is 0 Å². The van der Waals surface area contributed by atoms with Gasteiger partial charge in [-0.05, 0) is 81.6 Å². The van der Waals surface area contributed by atoms with Gasteiger partial charge in [0.15, 0.2) is 0 Å². The highest BCUT2D eigenvalue weighted by Gasteiger charge is 2.38. The standard InChI is InChI=1S/C32H46N2O4S/c1-7-22-17-26(18-23(8-2)33-22)38-25-15-13-24(14-16-25)34(30(35)21-11-9-20(3)10-12-21)27-19-28(32(4,5)6)39-29(27)31(36)37/h17-21,24-25H,7-16H2,1-6H3,(H,36,37)/t20?,21?,24-,25-. The van der Waals surface area contributed by atoms with Crippen molar-refractivity contribution in [1.29, 1.82) is 0 Å². The molecule has 2 aromatic rings. The first-order valence-electron chi connectivity index (χ1n) is 14.9. The molecule has 2 aliphatic carbocycles. The summed E-state index contributed by atoms with van der Waals surface area (Å²) in [6, 6.07) is 6.05. The summed E-state index contributed by atoms with van der Waals surface area (Å²) in [5, 5.41) is 10.2. The van der Waals surface area contributed by atoms with Gasteiger partial charge in [0.25, 0.3) is 0 Å². The fourth-order valence-corrected chi connectivity index (χ4v) is 6.99. The molecule has 0 spiro atoms. The lowest BCUT2D eigenvalue weighted by Crippen LogP contribution is -2.47. The van der Waals surface area contributed by atoms with E-state index in [0.29, 0.717) is 11.6 Å². The minimum Gasteiger partial charge on any atom is -0.490 e.